The van der Waals surface area contributed by atoms with Crippen molar-refractivity contribution in [2.45, 2.75) is 0 Å². The number of aromatic nitrogens is 2. The van der Waals surface area contributed by atoms with E-state index in [2.05, 4.69) is 9.94 Å². The van der Waals surface area contributed by atoms with Gasteiger partial charge in [-0.3, -0.25) is 4.68 Å². The minimum absolute atomic E-state index is 0.614. The topological polar surface area (TPSA) is 22.2 Å². The number of aryl methyl sites for hydroxylation is 1. The van der Waals surface area contributed by atoms with Crippen molar-refractivity contribution in [3.63, 3.8) is 0 Å². The van der Waals surface area contributed by atoms with Crippen molar-refractivity contribution < 1.29 is 0 Å². The smallest absolute Gasteiger partial charge is 0.204 e. The van der Waals surface area contributed by atoms with E-state index in [0.717, 1.165) is 22.0 Å². The van der Waals surface area contributed by atoms with Gasteiger partial charge in [-0.15, -0.1) is 0 Å². The molecule has 0 N–H and O–H groups in total. The summed E-state index contributed by atoms with van der Waals surface area (Å²) in [5, 5.41) is 6.60. The van der Waals surface area contributed by atoms with Crippen LogP contribution in [0.5, 0.6) is 0 Å². The molecule has 1 heterocycles. The van der Waals surface area contributed by atoms with E-state index in [1.165, 1.54) is 0 Å². The second kappa shape index (κ2) is 4.42. The van der Waals surface area contributed by atoms with E-state index in [9.17, 15) is 0 Å². The van der Waals surface area contributed by atoms with Gasteiger partial charge in [-0.1, -0.05) is 35.9 Å². The molecule has 0 bridgehead atoms. The van der Waals surface area contributed by atoms with Gasteiger partial charge in [0, 0.05) is 23.8 Å². The first-order valence-corrected chi connectivity index (χ1v) is 6.17. The third kappa shape index (κ3) is 1.78. The Morgan fingerprint density at radius 1 is 1.16 bits per heavy atom. The van der Waals surface area contributed by atoms with E-state index in [1.807, 2.05) is 43.4 Å². The normalized spacial score (nSPS) is 10.6. The van der Waals surface area contributed by atoms with Crippen LogP contribution >= 0.6 is 11.6 Å². The number of halogens is 1. The first kappa shape index (κ1) is 11.8. The molecule has 0 aliphatic heterocycles. The van der Waals surface area contributed by atoms with Crippen LogP contribution in [0.3, 0.4) is 0 Å². The van der Waals surface area contributed by atoms with Crippen LogP contribution in [0.15, 0.2) is 42.6 Å². The zero-order valence-electron chi connectivity index (χ0n) is 10.3. The number of hydrogen-bond acceptors (Lipinski definition) is 1. The number of fused-ring (bicyclic) bond motifs is 1. The highest BCUT2D eigenvalue weighted by molar-refractivity contribution is 6.36. The Morgan fingerprint density at radius 2 is 2.00 bits per heavy atom. The van der Waals surface area contributed by atoms with Gasteiger partial charge in [-0.2, -0.15) is 5.10 Å². The Balaban J connectivity index is 2.40. The van der Waals surface area contributed by atoms with Crippen molar-refractivity contribution in [2.75, 3.05) is 0 Å². The molecule has 2 aromatic carbocycles. The highest BCUT2D eigenvalue weighted by atomic mass is 35.5. The molecule has 0 saturated carbocycles. The largest absolute Gasteiger partial charge is 0.269 e. The van der Waals surface area contributed by atoms with Gasteiger partial charge in [0.15, 0.2) is 0 Å². The van der Waals surface area contributed by atoms with Crippen LogP contribution < -0.4 is 0 Å². The van der Waals surface area contributed by atoms with Crippen molar-refractivity contribution in [3.05, 3.63) is 59.0 Å². The van der Waals surface area contributed by atoms with Gasteiger partial charge in [0.05, 0.1) is 12.3 Å². The molecule has 0 amide bonds. The summed E-state index contributed by atoms with van der Waals surface area (Å²) in [5.74, 6) is 0. The quantitative estimate of drug-likeness (QED) is 0.597. The van der Waals surface area contributed by atoms with Gasteiger partial charge >= 0.3 is 0 Å². The van der Waals surface area contributed by atoms with E-state index in [-0.39, 0.29) is 0 Å². The van der Waals surface area contributed by atoms with Crippen LogP contribution in [0.25, 0.3) is 26.9 Å². The zero-order chi connectivity index (χ0) is 13.4. The molecule has 92 valence electrons. The fraction of sp³-hybridized carbons (Fsp3) is 0.0667. The summed E-state index contributed by atoms with van der Waals surface area (Å²) in [6.45, 7) is 7.46. The van der Waals surface area contributed by atoms with Crippen molar-refractivity contribution in [1.82, 2.24) is 9.78 Å². The molecule has 0 spiro atoms. The van der Waals surface area contributed by atoms with Crippen LogP contribution in [-0.4, -0.2) is 9.78 Å². The molecule has 0 fully saturated rings. The molecular weight excluding hydrogens is 258 g/mol. The molecule has 0 radical (unpaired) electrons. The van der Waals surface area contributed by atoms with Gasteiger partial charge in [0.25, 0.3) is 0 Å². The lowest BCUT2D eigenvalue weighted by Crippen LogP contribution is -1.93. The summed E-state index contributed by atoms with van der Waals surface area (Å²) in [6.07, 6.45) is 1.73. The average molecular weight is 268 g/mol. The molecule has 3 aromatic rings. The first-order valence-electron chi connectivity index (χ1n) is 5.79. The predicted molar refractivity (Wildman–Crippen MR) is 77.4 cm³/mol. The summed E-state index contributed by atoms with van der Waals surface area (Å²) < 4.78 is 1.76. The summed E-state index contributed by atoms with van der Waals surface area (Å²) in [6, 6.07) is 11.4. The Bertz CT molecular complexity index is 812. The third-order valence-electron chi connectivity index (χ3n) is 3.19. The Hall–Kier alpha value is -2.31. The van der Waals surface area contributed by atoms with E-state index < -0.39 is 0 Å². The van der Waals surface area contributed by atoms with Crippen molar-refractivity contribution in [3.8, 4) is 11.3 Å². The molecule has 19 heavy (non-hydrogen) atoms. The third-order valence-corrected chi connectivity index (χ3v) is 3.52. The van der Waals surface area contributed by atoms with Crippen LogP contribution in [0.1, 0.15) is 0 Å². The number of rotatable bonds is 1. The molecular formula is C15H10ClN3. The molecule has 0 unspecified atom stereocenters. The molecule has 3 rings (SSSR count). The second-order valence-electron chi connectivity index (χ2n) is 4.25. The lowest BCUT2D eigenvalue weighted by Gasteiger charge is -2.09. The highest BCUT2D eigenvalue weighted by Gasteiger charge is 2.13. The minimum atomic E-state index is 0.614. The van der Waals surface area contributed by atoms with Gasteiger partial charge < -0.3 is 0 Å². The van der Waals surface area contributed by atoms with Crippen LogP contribution in [0.4, 0.5) is 5.69 Å². The molecule has 0 aliphatic carbocycles. The fourth-order valence-corrected chi connectivity index (χ4v) is 2.51. The predicted octanol–water partition coefficient (Wildman–Crippen LogP) is 4.44. The summed E-state index contributed by atoms with van der Waals surface area (Å²) in [5.41, 5.74) is 2.42. The SMILES string of the molecule is [C-]#[N+]c1c(-c2ccnn2C)ccc2c(Cl)cccc12. The van der Waals surface area contributed by atoms with Gasteiger partial charge in [-0.25, -0.2) is 4.85 Å². The highest BCUT2D eigenvalue weighted by Crippen LogP contribution is 2.38. The van der Waals surface area contributed by atoms with E-state index in [0.29, 0.717) is 10.7 Å². The molecule has 0 saturated heterocycles. The lowest BCUT2D eigenvalue weighted by atomic mass is 10.0. The Labute approximate surface area is 115 Å². The Kier molecular flexibility index (Phi) is 2.73. The zero-order valence-corrected chi connectivity index (χ0v) is 11.0. The van der Waals surface area contributed by atoms with Crippen LogP contribution in [0, 0.1) is 6.57 Å². The fourth-order valence-electron chi connectivity index (χ4n) is 2.27. The standard InChI is InChI=1S/C15H10ClN3/c1-17-15-11-4-3-5-13(16)10(11)6-7-12(15)14-8-9-18-19(14)2/h3-9H,2H3. The molecule has 0 aliphatic rings. The molecule has 4 heteroatoms. The maximum atomic E-state index is 7.46. The number of benzene rings is 2. The lowest BCUT2D eigenvalue weighted by molar-refractivity contribution is 0.776. The summed E-state index contributed by atoms with van der Waals surface area (Å²) >= 11 is 6.17. The monoisotopic (exact) mass is 267 g/mol. The minimum Gasteiger partial charge on any atom is -0.269 e. The summed E-state index contributed by atoms with van der Waals surface area (Å²) in [4.78, 5) is 3.69. The maximum absolute atomic E-state index is 7.46. The number of nitrogens with zero attached hydrogens (tertiary/aromatic N) is 3. The Morgan fingerprint density at radius 3 is 2.68 bits per heavy atom. The van der Waals surface area contributed by atoms with Gasteiger partial charge in [-0.05, 0) is 22.9 Å². The van der Waals surface area contributed by atoms with E-state index >= 15 is 0 Å². The maximum Gasteiger partial charge on any atom is 0.204 e. The van der Waals surface area contributed by atoms with E-state index in [1.54, 1.807) is 10.9 Å². The average Bonchev–Trinajstić information content (AvgIpc) is 2.84. The summed E-state index contributed by atoms with van der Waals surface area (Å²) in [7, 11) is 1.87. The van der Waals surface area contributed by atoms with Crippen LogP contribution in [-0.2, 0) is 7.05 Å². The van der Waals surface area contributed by atoms with Crippen molar-refractivity contribution in [2.24, 2.45) is 7.05 Å². The molecule has 0 atom stereocenters. The molecule has 3 nitrogen and oxygen atoms in total. The van der Waals surface area contributed by atoms with Crippen molar-refractivity contribution >= 4 is 28.1 Å². The van der Waals surface area contributed by atoms with Gasteiger partial charge in [0.1, 0.15) is 0 Å². The van der Waals surface area contributed by atoms with Crippen LogP contribution in [0.2, 0.25) is 5.02 Å². The van der Waals surface area contributed by atoms with Gasteiger partial charge in [0.2, 0.25) is 5.69 Å². The second-order valence-corrected chi connectivity index (χ2v) is 4.66. The van der Waals surface area contributed by atoms with Crippen molar-refractivity contribution in [1.29, 1.82) is 0 Å². The number of hydrogen-bond donors (Lipinski definition) is 0. The first-order chi connectivity index (χ1) is 9.22. The molecule has 1 aromatic heterocycles. The van der Waals surface area contributed by atoms with E-state index in [4.69, 9.17) is 18.2 Å².